The summed E-state index contributed by atoms with van der Waals surface area (Å²) < 4.78 is 8.81. The number of anilines is 1. The normalized spacial score (nSPS) is 12.1. The quantitative estimate of drug-likeness (QED) is 0.174. The summed E-state index contributed by atoms with van der Waals surface area (Å²) in [5.74, 6) is 0. The fourth-order valence-corrected chi connectivity index (χ4v) is 6.06. The number of aliphatic imine (C=N–C) groups is 1. The third-order valence-electron chi connectivity index (χ3n) is 8.06. The molecule has 8 rings (SSSR count). The van der Waals surface area contributed by atoms with Crippen LogP contribution in [0.1, 0.15) is 16.7 Å². The van der Waals surface area contributed by atoms with Gasteiger partial charge in [-0.3, -0.25) is 4.99 Å². The lowest BCUT2D eigenvalue weighted by molar-refractivity contribution is 0.671. The molecule has 2 aromatic heterocycles. The van der Waals surface area contributed by atoms with Crippen LogP contribution in [0.4, 0.5) is 5.69 Å². The van der Waals surface area contributed by atoms with Gasteiger partial charge in [0.2, 0.25) is 0 Å². The monoisotopic (exact) mass is 541 g/mol. The van der Waals surface area contributed by atoms with Gasteiger partial charge in [0, 0.05) is 44.0 Å². The number of nitrogens with two attached hydrogens (primary N) is 1. The van der Waals surface area contributed by atoms with E-state index in [9.17, 15) is 0 Å². The average molecular weight is 542 g/mol. The minimum atomic E-state index is 0.542. The molecule has 0 unspecified atom stereocenters. The number of nitrogen functional groups attached to an aromatic ring is 1. The molecule has 0 amide bonds. The highest BCUT2D eigenvalue weighted by molar-refractivity contribution is 6.21. The second-order valence-corrected chi connectivity index (χ2v) is 10.6. The highest BCUT2D eigenvalue weighted by atomic mass is 16.3. The van der Waals surface area contributed by atoms with E-state index in [1.807, 2.05) is 54.6 Å². The second kappa shape index (κ2) is 9.79. The van der Waals surface area contributed by atoms with Crippen LogP contribution in [0.25, 0.3) is 49.4 Å². The van der Waals surface area contributed by atoms with Crippen molar-refractivity contribution in [2.45, 2.75) is 6.54 Å². The maximum Gasteiger partial charge on any atom is 0.160 e. The van der Waals surface area contributed by atoms with Gasteiger partial charge in [-0.15, -0.1) is 0 Å². The molecule has 0 bridgehead atoms. The number of rotatable bonds is 5. The summed E-state index contributed by atoms with van der Waals surface area (Å²) in [6.45, 7) is 0.542. The standard InChI is InChI=1S/C38H27N3O/c39-33-15-7-4-14-32(33)36(26-10-2-1-3-11-26)40-24-25-18-20-27(21-19-25)41-34-16-8-5-12-28(34)30-22-23-31-29-13-6-9-17-35(29)42-38(31)37(30)41/h1-23H,24,39H2. The molecule has 0 aliphatic carbocycles. The van der Waals surface area contributed by atoms with Crippen LogP contribution >= 0.6 is 0 Å². The Labute approximate surface area is 243 Å². The Kier molecular flexibility index (Phi) is 5.64. The van der Waals surface area contributed by atoms with Crippen molar-refractivity contribution < 1.29 is 4.42 Å². The number of nitrogens with zero attached hydrogens (tertiary/aromatic N) is 2. The maximum absolute atomic E-state index is 6.49. The van der Waals surface area contributed by atoms with Crippen LogP contribution in [0, 0.1) is 0 Å². The van der Waals surface area contributed by atoms with Crippen LogP contribution < -0.4 is 5.73 Å². The van der Waals surface area contributed by atoms with Crippen molar-refractivity contribution in [3.05, 3.63) is 156 Å². The molecule has 0 fully saturated rings. The average Bonchev–Trinajstić information content (AvgIpc) is 3.59. The molecular weight excluding hydrogens is 514 g/mol. The smallest absolute Gasteiger partial charge is 0.160 e. The van der Waals surface area contributed by atoms with Crippen LogP contribution in [0.3, 0.4) is 0 Å². The predicted octanol–water partition coefficient (Wildman–Crippen LogP) is 9.30. The Morgan fingerprint density at radius 1 is 0.619 bits per heavy atom. The number of benzene rings is 6. The van der Waals surface area contributed by atoms with Gasteiger partial charge in [0.25, 0.3) is 0 Å². The highest BCUT2D eigenvalue weighted by Crippen LogP contribution is 2.40. The van der Waals surface area contributed by atoms with Gasteiger partial charge < -0.3 is 14.7 Å². The van der Waals surface area contributed by atoms with E-state index in [1.165, 1.54) is 10.8 Å². The zero-order chi connectivity index (χ0) is 28.0. The van der Waals surface area contributed by atoms with Gasteiger partial charge in [0.15, 0.2) is 5.58 Å². The number of hydrogen-bond donors (Lipinski definition) is 1. The minimum Gasteiger partial charge on any atom is -0.454 e. The molecule has 42 heavy (non-hydrogen) atoms. The van der Waals surface area contributed by atoms with Crippen LogP contribution in [-0.2, 0) is 6.54 Å². The molecule has 0 radical (unpaired) electrons. The summed E-state index contributed by atoms with van der Waals surface area (Å²) in [5.41, 5.74) is 16.2. The zero-order valence-electron chi connectivity index (χ0n) is 22.9. The van der Waals surface area contributed by atoms with Crippen molar-refractivity contribution in [1.29, 1.82) is 0 Å². The first-order valence-electron chi connectivity index (χ1n) is 14.1. The summed E-state index contributed by atoms with van der Waals surface area (Å²) in [6.07, 6.45) is 0. The van der Waals surface area contributed by atoms with Crippen LogP contribution in [0.5, 0.6) is 0 Å². The van der Waals surface area contributed by atoms with Crippen molar-refractivity contribution >= 4 is 55.1 Å². The lowest BCUT2D eigenvalue weighted by Gasteiger charge is -2.11. The Hall–Kier alpha value is -5.61. The Morgan fingerprint density at radius 2 is 1.31 bits per heavy atom. The molecule has 4 nitrogen and oxygen atoms in total. The van der Waals surface area contributed by atoms with Crippen molar-refractivity contribution in [2.75, 3.05) is 5.73 Å². The van der Waals surface area contributed by atoms with Crippen LogP contribution in [0.15, 0.2) is 149 Å². The first kappa shape index (κ1) is 24.2. The first-order valence-corrected chi connectivity index (χ1v) is 14.1. The van der Waals surface area contributed by atoms with Gasteiger partial charge in [-0.05, 0) is 42.0 Å². The van der Waals surface area contributed by atoms with Gasteiger partial charge in [0.1, 0.15) is 5.58 Å². The van der Waals surface area contributed by atoms with Crippen molar-refractivity contribution in [2.24, 2.45) is 4.99 Å². The molecule has 0 saturated carbocycles. The summed E-state index contributed by atoms with van der Waals surface area (Å²) in [4.78, 5) is 5.07. The molecule has 0 saturated heterocycles. The topological polar surface area (TPSA) is 56.4 Å². The lowest BCUT2D eigenvalue weighted by Crippen LogP contribution is -2.07. The molecule has 0 aliphatic heterocycles. The van der Waals surface area contributed by atoms with Gasteiger partial charge in [-0.2, -0.15) is 0 Å². The van der Waals surface area contributed by atoms with Gasteiger partial charge in [-0.1, -0.05) is 103 Å². The Morgan fingerprint density at radius 3 is 2.14 bits per heavy atom. The SMILES string of the molecule is Nc1ccccc1C(=NCc1ccc(-n2c3ccccc3c3ccc4c5ccccc5oc4c32)cc1)c1ccccc1. The summed E-state index contributed by atoms with van der Waals surface area (Å²) in [5, 5.41) is 4.64. The molecular formula is C38H27N3O. The summed E-state index contributed by atoms with van der Waals surface area (Å²) in [6, 6.07) is 48.0. The number of furan rings is 1. The summed E-state index contributed by atoms with van der Waals surface area (Å²) >= 11 is 0. The maximum atomic E-state index is 6.49. The van der Waals surface area contributed by atoms with E-state index in [0.717, 1.165) is 66.7 Å². The predicted molar refractivity (Wildman–Crippen MR) is 175 cm³/mol. The molecule has 8 aromatic rings. The fraction of sp³-hybridized carbons (Fsp3) is 0.0263. The second-order valence-electron chi connectivity index (χ2n) is 10.6. The zero-order valence-corrected chi connectivity index (χ0v) is 22.9. The number of hydrogen-bond acceptors (Lipinski definition) is 3. The van der Waals surface area contributed by atoms with Gasteiger partial charge in [0.05, 0.1) is 23.3 Å². The molecule has 0 aliphatic rings. The largest absolute Gasteiger partial charge is 0.454 e. The molecule has 2 heterocycles. The molecule has 2 N–H and O–H groups in total. The fourth-order valence-electron chi connectivity index (χ4n) is 6.06. The number of aromatic nitrogens is 1. The highest BCUT2D eigenvalue weighted by Gasteiger charge is 2.18. The Balaban J connectivity index is 1.25. The van der Waals surface area contributed by atoms with Crippen LogP contribution in [0.2, 0.25) is 0 Å². The molecule has 6 aromatic carbocycles. The van der Waals surface area contributed by atoms with E-state index < -0.39 is 0 Å². The first-order chi connectivity index (χ1) is 20.8. The minimum absolute atomic E-state index is 0.542. The third-order valence-corrected chi connectivity index (χ3v) is 8.06. The third kappa shape index (κ3) is 3.88. The van der Waals surface area contributed by atoms with Gasteiger partial charge >= 0.3 is 0 Å². The van der Waals surface area contributed by atoms with Gasteiger partial charge in [-0.25, -0.2) is 0 Å². The molecule has 0 atom stereocenters. The number of fused-ring (bicyclic) bond motifs is 7. The molecule has 0 spiro atoms. The van der Waals surface area contributed by atoms with E-state index in [2.05, 4.69) is 89.5 Å². The van der Waals surface area contributed by atoms with Crippen LogP contribution in [-0.4, -0.2) is 10.3 Å². The molecule has 4 heteroatoms. The van der Waals surface area contributed by atoms with Crippen molar-refractivity contribution in [3.63, 3.8) is 0 Å². The van der Waals surface area contributed by atoms with Crippen molar-refractivity contribution in [1.82, 2.24) is 4.57 Å². The molecule has 200 valence electrons. The van der Waals surface area contributed by atoms with E-state index in [1.54, 1.807) is 0 Å². The Bertz CT molecular complexity index is 2270. The summed E-state index contributed by atoms with van der Waals surface area (Å²) in [7, 11) is 0. The number of para-hydroxylation sites is 3. The lowest BCUT2D eigenvalue weighted by atomic mass is 10.0. The van der Waals surface area contributed by atoms with Crippen molar-refractivity contribution in [3.8, 4) is 5.69 Å². The van der Waals surface area contributed by atoms with E-state index in [0.29, 0.717) is 6.54 Å². The van der Waals surface area contributed by atoms with E-state index >= 15 is 0 Å². The van der Waals surface area contributed by atoms with E-state index in [4.69, 9.17) is 15.1 Å². The van der Waals surface area contributed by atoms with E-state index in [-0.39, 0.29) is 0 Å².